The van der Waals surface area contributed by atoms with Gasteiger partial charge in [0.15, 0.2) is 0 Å². The zero-order chi connectivity index (χ0) is 11.2. The van der Waals surface area contributed by atoms with Crippen LogP contribution in [0.5, 0.6) is 0 Å². The van der Waals surface area contributed by atoms with E-state index in [-0.39, 0.29) is 0 Å². The van der Waals surface area contributed by atoms with Gasteiger partial charge in [0.25, 0.3) is 0 Å². The van der Waals surface area contributed by atoms with Gasteiger partial charge >= 0.3 is 0 Å². The van der Waals surface area contributed by atoms with Crippen LogP contribution in [-0.4, -0.2) is 49.3 Å². The van der Waals surface area contributed by atoms with Gasteiger partial charge < -0.3 is 15.3 Å². The molecule has 16 heavy (non-hydrogen) atoms. The third kappa shape index (κ3) is 3.72. The second kappa shape index (κ2) is 6.58. The molecule has 0 spiro atoms. The van der Waals surface area contributed by atoms with Gasteiger partial charge in [0.2, 0.25) is 0 Å². The fraction of sp³-hybridized carbons (Fsp3) is 1.00. The average molecular weight is 226 g/mol. The van der Waals surface area contributed by atoms with E-state index >= 15 is 0 Å². The molecule has 0 aliphatic carbocycles. The summed E-state index contributed by atoms with van der Waals surface area (Å²) < 4.78 is 0. The van der Waals surface area contributed by atoms with Crippen molar-refractivity contribution in [2.45, 2.75) is 32.1 Å². The average Bonchev–Trinajstić information content (AvgIpc) is 2.83. The number of hydrogen-bond donors (Lipinski definition) is 2. The highest BCUT2D eigenvalue weighted by molar-refractivity contribution is 4.74. The third-order valence-corrected chi connectivity index (χ3v) is 4.21. The van der Waals surface area contributed by atoms with Crippen LogP contribution in [0.25, 0.3) is 0 Å². The molecule has 0 aromatic heterocycles. The van der Waals surface area contributed by atoms with Crippen LogP contribution in [0.15, 0.2) is 0 Å². The Morgan fingerprint density at radius 3 is 2.56 bits per heavy atom. The summed E-state index contributed by atoms with van der Waals surface area (Å²) >= 11 is 0. The van der Waals surface area contributed by atoms with Crippen molar-refractivity contribution in [2.75, 3.05) is 39.3 Å². The maximum atomic E-state index is 9.07. The molecule has 2 aliphatic rings. The minimum atomic E-state index is 0.390. The van der Waals surface area contributed by atoms with Crippen molar-refractivity contribution >= 4 is 0 Å². The summed E-state index contributed by atoms with van der Waals surface area (Å²) in [4.78, 5) is 2.58. The van der Waals surface area contributed by atoms with E-state index in [4.69, 9.17) is 5.11 Å². The summed E-state index contributed by atoms with van der Waals surface area (Å²) in [5.41, 5.74) is 0. The van der Waals surface area contributed by atoms with E-state index in [2.05, 4.69) is 10.2 Å². The molecule has 3 nitrogen and oxygen atoms in total. The molecule has 2 fully saturated rings. The van der Waals surface area contributed by atoms with Gasteiger partial charge in [-0.1, -0.05) is 0 Å². The highest BCUT2D eigenvalue weighted by Crippen LogP contribution is 2.18. The number of likely N-dealkylation sites (tertiary alicyclic amines) is 1. The molecule has 94 valence electrons. The first kappa shape index (κ1) is 12.3. The second-order valence-corrected chi connectivity index (χ2v) is 5.47. The molecule has 0 bridgehead atoms. The van der Waals surface area contributed by atoms with Gasteiger partial charge in [0.05, 0.1) is 0 Å². The maximum Gasteiger partial charge on any atom is 0.0460 e. The highest BCUT2D eigenvalue weighted by atomic mass is 16.3. The Bertz CT molecular complexity index is 184. The summed E-state index contributed by atoms with van der Waals surface area (Å²) in [6.07, 6.45) is 6.53. The standard InChI is InChI=1S/C13H26N2O/c16-11-13-4-8-15(9-5-13)7-1-2-12-3-6-14-10-12/h12-14,16H,1-11H2. The van der Waals surface area contributed by atoms with E-state index < -0.39 is 0 Å². The topological polar surface area (TPSA) is 35.5 Å². The minimum Gasteiger partial charge on any atom is -0.396 e. The van der Waals surface area contributed by atoms with Gasteiger partial charge in [-0.05, 0) is 76.7 Å². The first-order valence-corrected chi connectivity index (χ1v) is 6.92. The van der Waals surface area contributed by atoms with Crippen LogP contribution < -0.4 is 5.32 Å². The fourth-order valence-corrected chi connectivity index (χ4v) is 2.96. The van der Waals surface area contributed by atoms with Gasteiger partial charge in [0, 0.05) is 6.61 Å². The van der Waals surface area contributed by atoms with E-state index in [1.807, 2.05) is 0 Å². The van der Waals surface area contributed by atoms with E-state index in [0.29, 0.717) is 12.5 Å². The molecule has 0 amide bonds. The SMILES string of the molecule is OCC1CCN(CCCC2CCNC2)CC1. The van der Waals surface area contributed by atoms with Crippen molar-refractivity contribution in [1.29, 1.82) is 0 Å². The minimum absolute atomic E-state index is 0.390. The van der Waals surface area contributed by atoms with Crippen molar-refractivity contribution in [1.82, 2.24) is 10.2 Å². The van der Waals surface area contributed by atoms with Crippen LogP contribution in [0, 0.1) is 11.8 Å². The lowest BCUT2D eigenvalue weighted by molar-refractivity contribution is 0.129. The van der Waals surface area contributed by atoms with Crippen LogP contribution in [0.2, 0.25) is 0 Å². The third-order valence-electron chi connectivity index (χ3n) is 4.21. The normalized spacial score (nSPS) is 28.7. The Labute approximate surface area is 99.2 Å². The zero-order valence-corrected chi connectivity index (χ0v) is 10.3. The van der Waals surface area contributed by atoms with E-state index in [9.17, 15) is 0 Å². The van der Waals surface area contributed by atoms with Gasteiger partial charge in [-0.2, -0.15) is 0 Å². The van der Waals surface area contributed by atoms with Crippen molar-refractivity contribution in [3.63, 3.8) is 0 Å². The molecule has 1 atom stereocenters. The van der Waals surface area contributed by atoms with Crippen LogP contribution in [-0.2, 0) is 0 Å². The summed E-state index contributed by atoms with van der Waals surface area (Å²) in [5.74, 6) is 1.52. The van der Waals surface area contributed by atoms with Crippen LogP contribution >= 0.6 is 0 Å². The van der Waals surface area contributed by atoms with Gasteiger partial charge in [-0.25, -0.2) is 0 Å². The van der Waals surface area contributed by atoms with Crippen LogP contribution in [0.3, 0.4) is 0 Å². The molecule has 2 N–H and O–H groups in total. The number of aliphatic hydroxyl groups is 1. The zero-order valence-electron chi connectivity index (χ0n) is 10.3. The highest BCUT2D eigenvalue weighted by Gasteiger charge is 2.19. The summed E-state index contributed by atoms with van der Waals surface area (Å²) in [6, 6.07) is 0. The first-order valence-electron chi connectivity index (χ1n) is 6.92. The Morgan fingerprint density at radius 1 is 1.12 bits per heavy atom. The molecule has 0 aromatic carbocycles. The predicted molar refractivity (Wildman–Crippen MR) is 66.5 cm³/mol. The van der Waals surface area contributed by atoms with Crippen molar-refractivity contribution in [3.05, 3.63) is 0 Å². The second-order valence-electron chi connectivity index (χ2n) is 5.47. The molecule has 3 heteroatoms. The summed E-state index contributed by atoms with van der Waals surface area (Å²) in [6.45, 7) is 6.54. The molecule has 1 unspecified atom stereocenters. The quantitative estimate of drug-likeness (QED) is 0.736. The Balaban J connectivity index is 1.53. The Kier molecular flexibility index (Phi) is 5.07. The lowest BCUT2D eigenvalue weighted by Crippen LogP contribution is -2.35. The summed E-state index contributed by atoms with van der Waals surface area (Å²) in [5, 5.41) is 12.5. The molecule has 2 saturated heterocycles. The number of piperidine rings is 1. The fourth-order valence-electron chi connectivity index (χ4n) is 2.96. The Morgan fingerprint density at radius 2 is 1.94 bits per heavy atom. The molecular weight excluding hydrogens is 200 g/mol. The van der Waals surface area contributed by atoms with Gasteiger partial charge in [-0.3, -0.25) is 0 Å². The van der Waals surface area contributed by atoms with Crippen molar-refractivity contribution in [2.24, 2.45) is 11.8 Å². The lowest BCUT2D eigenvalue weighted by atomic mass is 9.97. The molecule has 2 heterocycles. The number of nitrogens with zero attached hydrogens (tertiary/aromatic N) is 1. The lowest BCUT2D eigenvalue weighted by Gasteiger charge is -2.31. The smallest absolute Gasteiger partial charge is 0.0460 e. The molecule has 2 aliphatic heterocycles. The molecular formula is C13H26N2O. The van der Waals surface area contributed by atoms with Gasteiger partial charge in [-0.15, -0.1) is 0 Å². The molecule has 2 rings (SSSR count). The number of aliphatic hydroxyl groups excluding tert-OH is 1. The first-order chi connectivity index (χ1) is 7.88. The largest absolute Gasteiger partial charge is 0.396 e. The van der Waals surface area contributed by atoms with E-state index in [0.717, 1.165) is 5.92 Å². The van der Waals surface area contributed by atoms with Gasteiger partial charge in [0.1, 0.15) is 0 Å². The molecule has 0 saturated carbocycles. The predicted octanol–water partition coefficient (Wildman–Crippen LogP) is 1.08. The summed E-state index contributed by atoms with van der Waals surface area (Å²) in [7, 11) is 0. The van der Waals surface area contributed by atoms with Crippen molar-refractivity contribution < 1.29 is 5.11 Å². The molecule has 0 aromatic rings. The van der Waals surface area contributed by atoms with Crippen molar-refractivity contribution in [3.8, 4) is 0 Å². The monoisotopic (exact) mass is 226 g/mol. The maximum absolute atomic E-state index is 9.07. The van der Waals surface area contributed by atoms with E-state index in [1.165, 1.54) is 64.8 Å². The van der Waals surface area contributed by atoms with E-state index in [1.54, 1.807) is 0 Å². The molecule has 0 radical (unpaired) electrons. The number of nitrogens with one attached hydrogen (secondary N) is 1. The Hall–Kier alpha value is -0.120. The number of rotatable bonds is 5. The number of hydrogen-bond acceptors (Lipinski definition) is 3. The van der Waals surface area contributed by atoms with Crippen LogP contribution in [0.4, 0.5) is 0 Å². The van der Waals surface area contributed by atoms with Crippen LogP contribution in [0.1, 0.15) is 32.1 Å².